The van der Waals surface area contributed by atoms with E-state index in [1.54, 1.807) is 29.7 Å². The van der Waals surface area contributed by atoms with Crippen molar-refractivity contribution in [2.24, 2.45) is 0 Å². The predicted octanol–water partition coefficient (Wildman–Crippen LogP) is 6.17. The number of amides is 1. The normalized spacial score (nSPS) is 15.7. The zero-order valence-corrected chi connectivity index (χ0v) is 26.2. The van der Waals surface area contributed by atoms with Crippen molar-refractivity contribution in [3.8, 4) is 22.6 Å². The first-order valence-corrected chi connectivity index (χ1v) is 15.2. The average molecular weight is 677 g/mol. The van der Waals surface area contributed by atoms with Gasteiger partial charge in [0, 0.05) is 41.4 Å². The van der Waals surface area contributed by atoms with Gasteiger partial charge < -0.3 is 29.0 Å². The number of carboxylic acids is 1. The molecule has 0 saturated carbocycles. The lowest BCUT2D eigenvalue weighted by Gasteiger charge is -2.28. The zero-order chi connectivity index (χ0) is 33.9. The fourth-order valence-corrected chi connectivity index (χ4v) is 5.81. The lowest BCUT2D eigenvalue weighted by atomic mass is 10.00. The lowest BCUT2D eigenvalue weighted by molar-refractivity contribution is -0.153. The summed E-state index contributed by atoms with van der Waals surface area (Å²) < 4.78 is 58.2. The number of benzene rings is 1. The maximum absolute atomic E-state index is 13.9. The van der Waals surface area contributed by atoms with Crippen molar-refractivity contribution in [1.29, 1.82) is 0 Å². The molecular weight excluding hydrogens is 645 g/mol. The standard InChI is InChI=1S/C32H32ClF3N4O7/c1-3-23-29(31(43)44)38-27-10-8-19(15-39(23)27)37-30(42)24(13-20-6-4-5-11-46-20)40-16-26(45-2)22(14-28(40)41)21-12-18(33)7-9-25(21)47-17-32(34,35)36/h7-10,12,14-16,20,24H,3-6,11,13,17H2,1-2H3,(H,37,42)(H,43,44)/t20-,24?/m0/s1. The van der Waals surface area contributed by atoms with Crippen LogP contribution in [0.4, 0.5) is 18.9 Å². The molecule has 15 heteroatoms. The number of alkyl halides is 3. The number of nitrogens with zero attached hydrogens (tertiary/aromatic N) is 3. The molecule has 250 valence electrons. The second kappa shape index (κ2) is 14.1. The number of aryl methyl sites for hydroxylation is 1. The highest BCUT2D eigenvalue weighted by Gasteiger charge is 2.31. The van der Waals surface area contributed by atoms with Gasteiger partial charge in [-0.3, -0.25) is 14.2 Å². The Balaban J connectivity index is 1.53. The Labute approximate surface area is 271 Å². The van der Waals surface area contributed by atoms with Crippen LogP contribution in [0.15, 0.2) is 53.6 Å². The topological polar surface area (TPSA) is 133 Å². The van der Waals surface area contributed by atoms with Crippen molar-refractivity contribution >= 4 is 34.8 Å². The molecule has 47 heavy (non-hydrogen) atoms. The minimum Gasteiger partial charge on any atom is -0.495 e. The molecule has 0 radical (unpaired) electrons. The third-order valence-electron chi connectivity index (χ3n) is 7.81. The molecule has 1 amide bonds. The second-order valence-electron chi connectivity index (χ2n) is 11.0. The van der Waals surface area contributed by atoms with E-state index in [4.69, 9.17) is 25.8 Å². The molecule has 0 spiro atoms. The van der Waals surface area contributed by atoms with Crippen molar-refractivity contribution in [2.75, 3.05) is 25.6 Å². The number of imidazole rings is 1. The Hall–Kier alpha value is -4.56. The summed E-state index contributed by atoms with van der Waals surface area (Å²) in [7, 11) is 1.32. The first kappa shape index (κ1) is 33.8. The van der Waals surface area contributed by atoms with Crippen LogP contribution in [0.5, 0.6) is 11.5 Å². The number of hydrogen-bond acceptors (Lipinski definition) is 7. The summed E-state index contributed by atoms with van der Waals surface area (Å²) >= 11 is 6.17. The van der Waals surface area contributed by atoms with E-state index in [-0.39, 0.29) is 45.9 Å². The molecule has 2 atom stereocenters. The molecule has 1 aliphatic rings. The second-order valence-corrected chi connectivity index (χ2v) is 11.4. The summed E-state index contributed by atoms with van der Waals surface area (Å²) in [6.45, 7) is 0.737. The van der Waals surface area contributed by atoms with Crippen molar-refractivity contribution in [3.63, 3.8) is 0 Å². The van der Waals surface area contributed by atoms with E-state index >= 15 is 0 Å². The van der Waals surface area contributed by atoms with Gasteiger partial charge in [-0.2, -0.15) is 13.2 Å². The summed E-state index contributed by atoms with van der Waals surface area (Å²) in [6, 6.07) is 7.22. The summed E-state index contributed by atoms with van der Waals surface area (Å²) in [5.41, 5.74) is 0.668. The number of fused-ring (bicyclic) bond motifs is 1. The summed E-state index contributed by atoms with van der Waals surface area (Å²) in [6.07, 6.45) is 0.904. The van der Waals surface area contributed by atoms with E-state index in [1.165, 1.54) is 36.1 Å². The molecule has 11 nitrogen and oxygen atoms in total. The van der Waals surface area contributed by atoms with Crippen LogP contribution in [0.25, 0.3) is 16.8 Å². The minimum atomic E-state index is -4.61. The van der Waals surface area contributed by atoms with Crippen LogP contribution >= 0.6 is 11.6 Å². The number of nitrogens with one attached hydrogen (secondary N) is 1. The molecule has 0 bridgehead atoms. The van der Waals surface area contributed by atoms with Crippen molar-refractivity contribution < 1.29 is 42.1 Å². The number of aromatic nitrogens is 3. The fraction of sp³-hybridized carbons (Fsp3) is 0.375. The SMILES string of the molecule is CCc1c(C(=O)O)nc2ccc(NC(=O)C(C[C@@H]3CCCCO3)n3cc(OC)c(-c4cc(Cl)ccc4OCC(F)(F)F)cc3=O)cn12. The Morgan fingerprint density at radius 1 is 1.15 bits per heavy atom. The third-order valence-corrected chi connectivity index (χ3v) is 8.04. The Bertz CT molecular complexity index is 1850. The van der Waals surface area contributed by atoms with Crippen LogP contribution in [0.2, 0.25) is 5.02 Å². The Morgan fingerprint density at radius 3 is 2.57 bits per heavy atom. The van der Waals surface area contributed by atoms with Crippen LogP contribution in [0.3, 0.4) is 0 Å². The van der Waals surface area contributed by atoms with Crippen LogP contribution < -0.4 is 20.3 Å². The number of carbonyl (C=O) groups excluding carboxylic acids is 1. The van der Waals surface area contributed by atoms with E-state index in [9.17, 15) is 32.7 Å². The van der Waals surface area contributed by atoms with Crippen molar-refractivity contribution in [3.05, 3.63) is 75.6 Å². The quantitative estimate of drug-likeness (QED) is 0.193. The number of carboxylic acid groups (broad SMARTS) is 1. The minimum absolute atomic E-state index is 0.0831. The number of halogens is 4. The van der Waals surface area contributed by atoms with Gasteiger partial charge >= 0.3 is 12.1 Å². The van der Waals surface area contributed by atoms with Gasteiger partial charge in [0.2, 0.25) is 5.91 Å². The number of methoxy groups -OCH3 is 1. The number of hydrogen-bond donors (Lipinski definition) is 2. The number of pyridine rings is 2. The highest BCUT2D eigenvalue weighted by atomic mass is 35.5. The smallest absolute Gasteiger partial charge is 0.422 e. The summed E-state index contributed by atoms with van der Waals surface area (Å²) in [5.74, 6) is -1.81. The van der Waals surface area contributed by atoms with E-state index in [1.807, 2.05) is 0 Å². The molecule has 1 saturated heterocycles. The highest BCUT2D eigenvalue weighted by molar-refractivity contribution is 6.31. The van der Waals surface area contributed by atoms with E-state index in [0.717, 1.165) is 18.9 Å². The van der Waals surface area contributed by atoms with E-state index < -0.39 is 36.3 Å². The maximum atomic E-state index is 13.9. The lowest BCUT2D eigenvalue weighted by Crippen LogP contribution is -2.36. The zero-order valence-electron chi connectivity index (χ0n) is 25.5. The predicted molar refractivity (Wildman–Crippen MR) is 167 cm³/mol. The van der Waals surface area contributed by atoms with Gasteiger partial charge in [0.1, 0.15) is 23.2 Å². The number of ether oxygens (including phenoxy) is 3. The third kappa shape index (κ3) is 7.71. The molecule has 5 rings (SSSR count). The molecule has 1 fully saturated rings. The molecule has 1 unspecified atom stereocenters. The number of carbonyl (C=O) groups is 2. The molecular formula is C32H32ClF3N4O7. The first-order valence-electron chi connectivity index (χ1n) is 14.8. The molecule has 4 aromatic rings. The van der Waals surface area contributed by atoms with Crippen LogP contribution in [0, 0.1) is 0 Å². The maximum Gasteiger partial charge on any atom is 0.422 e. The van der Waals surface area contributed by atoms with Crippen molar-refractivity contribution in [1.82, 2.24) is 14.0 Å². The van der Waals surface area contributed by atoms with E-state index in [0.29, 0.717) is 36.5 Å². The number of anilines is 1. The monoisotopic (exact) mass is 676 g/mol. The summed E-state index contributed by atoms with van der Waals surface area (Å²) in [5, 5.41) is 12.6. The van der Waals surface area contributed by atoms with Crippen molar-refractivity contribution in [2.45, 2.75) is 57.3 Å². The molecule has 3 aromatic heterocycles. The van der Waals surface area contributed by atoms with Gasteiger partial charge in [0.25, 0.3) is 5.56 Å². The Kier molecular flexibility index (Phi) is 10.1. The average Bonchev–Trinajstić information content (AvgIpc) is 3.41. The van der Waals surface area contributed by atoms with E-state index in [2.05, 4.69) is 10.3 Å². The van der Waals surface area contributed by atoms with Crippen LogP contribution in [-0.4, -0.2) is 63.5 Å². The van der Waals surface area contributed by atoms with Gasteiger partial charge in [-0.25, -0.2) is 9.78 Å². The highest BCUT2D eigenvalue weighted by Crippen LogP contribution is 2.38. The van der Waals surface area contributed by atoms with Gasteiger partial charge in [-0.15, -0.1) is 0 Å². The summed E-state index contributed by atoms with van der Waals surface area (Å²) in [4.78, 5) is 43.5. The van der Waals surface area contributed by atoms with Gasteiger partial charge in [0.05, 0.1) is 30.8 Å². The first-order chi connectivity index (χ1) is 22.4. The molecule has 4 heterocycles. The van der Waals surface area contributed by atoms with Gasteiger partial charge in [-0.1, -0.05) is 18.5 Å². The molecule has 1 aliphatic heterocycles. The van der Waals surface area contributed by atoms with Gasteiger partial charge in [0.15, 0.2) is 12.3 Å². The fourth-order valence-electron chi connectivity index (χ4n) is 5.63. The number of rotatable bonds is 11. The molecule has 1 aromatic carbocycles. The van der Waals surface area contributed by atoms with Gasteiger partial charge in [-0.05, 0) is 56.0 Å². The Morgan fingerprint density at radius 2 is 1.91 bits per heavy atom. The number of aromatic carboxylic acids is 1. The van der Waals surface area contributed by atoms with Crippen LogP contribution in [-0.2, 0) is 16.0 Å². The molecule has 2 N–H and O–H groups in total. The molecule has 0 aliphatic carbocycles. The van der Waals surface area contributed by atoms with Crippen LogP contribution in [0.1, 0.15) is 54.8 Å². The largest absolute Gasteiger partial charge is 0.495 e.